The van der Waals surface area contributed by atoms with Crippen LogP contribution in [0.4, 0.5) is 0 Å². The molecule has 3 aromatic heterocycles. The van der Waals surface area contributed by atoms with Gasteiger partial charge in [0, 0.05) is 32.2 Å². The summed E-state index contributed by atoms with van der Waals surface area (Å²) in [6, 6.07) is 57.1. The molecule has 0 radical (unpaired) electrons. The van der Waals surface area contributed by atoms with E-state index in [9.17, 15) is 5.11 Å². The van der Waals surface area contributed by atoms with Crippen molar-refractivity contribution < 1.29 is 26.2 Å². The quantitative estimate of drug-likeness (QED) is 0.115. The first-order valence-electron chi connectivity index (χ1n) is 26.5. The summed E-state index contributed by atoms with van der Waals surface area (Å²) in [5, 5.41) is 14.1. The molecule has 3 heterocycles. The molecule has 9 heteroatoms. The predicted molar refractivity (Wildman–Crippen MR) is 323 cm³/mol. The number of hydrogen-bond acceptors (Lipinski definition) is 4. The minimum Gasteiger partial charge on any atom is 0 e. The molecular formula is C67H72GeN5OPtSi-. The van der Waals surface area contributed by atoms with Gasteiger partial charge in [0.2, 0.25) is 0 Å². The second-order valence-electron chi connectivity index (χ2n) is 25.6. The predicted octanol–water partition coefficient (Wildman–Crippen LogP) is 16.6. The summed E-state index contributed by atoms with van der Waals surface area (Å²) in [5.41, 5.74) is 16.0. The summed E-state index contributed by atoms with van der Waals surface area (Å²) in [5.74, 6) is 9.09. The largest absolute Gasteiger partial charge is 0 e. The van der Waals surface area contributed by atoms with Gasteiger partial charge in [-0.3, -0.25) is 4.57 Å². The maximum absolute atomic E-state index is 12.7. The van der Waals surface area contributed by atoms with Gasteiger partial charge in [0.25, 0.3) is 0 Å². The van der Waals surface area contributed by atoms with E-state index in [1.807, 2.05) is 12.4 Å². The van der Waals surface area contributed by atoms with E-state index >= 15 is 0 Å². The fourth-order valence-corrected chi connectivity index (χ4v) is 13.9. The molecule has 0 amide bonds. The van der Waals surface area contributed by atoms with Crippen LogP contribution in [0.2, 0.25) is 36.9 Å². The normalized spacial score (nSPS) is 12.6. The van der Waals surface area contributed by atoms with Gasteiger partial charge >= 0.3 is 245 Å². The van der Waals surface area contributed by atoms with Crippen LogP contribution in [0.25, 0.3) is 89.6 Å². The van der Waals surface area contributed by atoms with E-state index in [-0.39, 0.29) is 43.1 Å². The Hall–Kier alpha value is -6.12. The fraction of sp³-hybridized carbons (Fsp3) is 0.269. The van der Waals surface area contributed by atoms with Crippen molar-refractivity contribution in [1.29, 1.82) is 0 Å². The number of fused-ring (bicyclic) bond motifs is 2. The Morgan fingerprint density at radius 1 is 0.526 bits per heavy atom. The van der Waals surface area contributed by atoms with E-state index in [0.29, 0.717) is 11.4 Å². The maximum atomic E-state index is 12.7. The zero-order valence-electron chi connectivity index (χ0n) is 47.0. The number of rotatable bonds is 9. The average Bonchev–Trinajstić information content (AvgIpc) is 3.94. The maximum Gasteiger partial charge on any atom is 0 e. The van der Waals surface area contributed by atoms with Gasteiger partial charge in [-0.15, -0.1) is 0 Å². The van der Waals surface area contributed by atoms with Crippen molar-refractivity contribution >= 4 is 53.0 Å². The van der Waals surface area contributed by atoms with Crippen LogP contribution in [0.15, 0.2) is 158 Å². The standard InChI is InChI=1S/C67H72GeN5OSi.Pt/c1-65(2,3)47-36-45(35-46(37-47)63-70-56-42-69-34-33-59(56)72(63)57-31-29-49(68(10,11)12)40-52(57)43-23-18-16-19-24-43)51-27-22-28-60-61(51)71-64(54-38-48(66(4,5)6)39-55(62(54)74)67(7,8)9)73(60)58-32-30-50(75(13,14)15)41-53(58)44-25-20-17-21-26-44;/h16-34,36-42,74H,1-15H3;/q-1;. The number of hydrogen-bond donors (Lipinski definition) is 1. The van der Waals surface area contributed by atoms with Crippen molar-refractivity contribution in [3.63, 3.8) is 0 Å². The molecule has 0 spiro atoms. The molecule has 0 aliphatic heterocycles. The minimum absolute atomic E-state index is 0. The second-order valence-corrected chi connectivity index (χ2v) is 41.4. The van der Waals surface area contributed by atoms with Crippen LogP contribution in [0.3, 0.4) is 0 Å². The number of phenolic OH excluding ortho intramolecular Hbond substituents is 1. The van der Waals surface area contributed by atoms with Crippen LogP contribution in [-0.2, 0) is 37.3 Å². The topological polar surface area (TPSA) is 68.8 Å². The third-order valence-corrected chi connectivity index (χ3v) is 21.1. The van der Waals surface area contributed by atoms with Gasteiger partial charge < -0.3 is 5.11 Å². The van der Waals surface area contributed by atoms with E-state index in [2.05, 4.69) is 265 Å². The number of phenols is 1. The third kappa shape index (κ3) is 10.4. The summed E-state index contributed by atoms with van der Waals surface area (Å²) in [4.78, 5) is 15.8. The first-order chi connectivity index (χ1) is 35.3. The second kappa shape index (κ2) is 20.0. The number of aromatic nitrogens is 5. The average molecular weight is 1260 g/mol. The van der Waals surface area contributed by atoms with Crippen molar-refractivity contribution in [2.45, 2.75) is 115 Å². The molecule has 0 saturated heterocycles. The summed E-state index contributed by atoms with van der Waals surface area (Å²) in [6.07, 6.45) is 3.73. The fourth-order valence-electron chi connectivity index (χ4n) is 10.3. The van der Waals surface area contributed by atoms with Gasteiger partial charge in [0.05, 0.1) is 19.3 Å². The third-order valence-electron chi connectivity index (χ3n) is 14.8. The monoisotopic (exact) mass is 1260 g/mol. The molecule has 76 heavy (non-hydrogen) atoms. The molecule has 0 aliphatic rings. The molecule has 0 saturated carbocycles. The SMILES string of the molecule is CC(C)(C)c1cc(-c2cccc3c2nc(-c2cc(C(C)(C)C)cc(C(C)(C)C)c2O)n3-c2ccc([Si](C)(C)C)cc2-c2ccccc2)[c-]c(-c2nc3cnccc3n2-c2cc[c]([Ge]([CH3])([CH3])[CH3])cc2-c2ccccc2)c1.[Pt]. The Morgan fingerprint density at radius 3 is 1.70 bits per heavy atom. The summed E-state index contributed by atoms with van der Waals surface area (Å²) >= 11 is -2.27. The Kier molecular flexibility index (Phi) is 14.4. The molecule has 0 atom stereocenters. The van der Waals surface area contributed by atoms with Crippen LogP contribution in [0.1, 0.15) is 79.0 Å². The minimum atomic E-state index is -2.27. The van der Waals surface area contributed by atoms with Gasteiger partial charge in [-0.1, -0.05) is 115 Å². The number of imidazole rings is 2. The van der Waals surface area contributed by atoms with Crippen LogP contribution in [0, 0.1) is 6.07 Å². The molecule has 6 nitrogen and oxygen atoms in total. The summed E-state index contributed by atoms with van der Waals surface area (Å²) < 4.78 is 6.07. The van der Waals surface area contributed by atoms with Gasteiger partial charge in [0.15, 0.2) is 0 Å². The number of aromatic hydroxyl groups is 1. The molecule has 0 unspecified atom stereocenters. The zero-order valence-corrected chi connectivity index (χ0v) is 52.4. The number of nitrogens with zero attached hydrogens (tertiary/aromatic N) is 5. The summed E-state index contributed by atoms with van der Waals surface area (Å²) in [6.45, 7) is 27.3. The van der Waals surface area contributed by atoms with Crippen molar-refractivity contribution in [3.8, 4) is 73.3 Å². The molecule has 10 rings (SSSR count). The molecule has 10 aromatic rings. The Balaban J connectivity index is 0.00000706. The molecular weight excluding hydrogens is 1190 g/mol. The van der Waals surface area contributed by atoms with Crippen LogP contribution in [0.5, 0.6) is 5.75 Å². The van der Waals surface area contributed by atoms with Crippen molar-refractivity contribution in [2.24, 2.45) is 0 Å². The van der Waals surface area contributed by atoms with Crippen molar-refractivity contribution in [2.75, 3.05) is 0 Å². The van der Waals surface area contributed by atoms with Gasteiger partial charge in [-0.05, 0) is 40.2 Å². The van der Waals surface area contributed by atoms with E-state index < -0.39 is 21.3 Å². The Labute approximate surface area is 469 Å². The van der Waals surface area contributed by atoms with Crippen LogP contribution in [-0.4, -0.2) is 50.5 Å². The van der Waals surface area contributed by atoms with E-state index in [4.69, 9.17) is 9.97 Å². The first kappa shape index (κ1) is 54.7. The smallest absolute Gasteiger partial charge is 0 e. The molecule has 1 N–H and O–H groups in total. The van der Waals surface area contributed by atoms with Gasteiger partial charge in [0.1, 0.15) is 11.6 Å². The first-order valence-corrected chi connectivity index (χ1v) is 37.3. The van der Waals surface area contributed by atoms with Crippen LogP contribution < -0.4 is 9.58 Å². The van der Waals surface area contributed by atoms with Crippen molar-refractivity contribution in [3.05, 3.63) is 181 Å². The number of para-hydroxylation sites is 1. The molecule has 390 valence electrons. The number of pyridine rings is 1. The summed E-state index contributed by atoms with van der Waals surface area (Å²) in [7, 11) is -1.76. The molecule has 0 aliphatic carbocycles. The van der Waals surface area contributed by atoms with Gasteiger partial charge in [-0.25, -0.2) is 0 Å². The molecule has 0 bridgehead atoms. The Morgan fingerprint density at radius 2 is 1.11 bits per heavy atom. The zero-order chi connectivity index (χ0) is 53.6. The van der Waals surface area contributed by atoms with Crippen molar-refractivity contribution in [1.82, 2.24) is 24.1 Å². The van der Waals surface area contributed by atoms with E-state index in [1.54, 1.807) is 0 Å². The number of benzene rings is 7. The molecule has 0 fully saturated rings. The van der Waals surface area contributed by atoms with Gasteiger partial charge in [-0.2, -0.15) is 0 Å². The van der Waals surface area contributed by atoms with E-state index in [0.717, 1.165) is 89.3 Å². The molecule has 7 aromatic carbocycles. The Bertz CT molecular complexity index is 3800. The van der Waals surface area contributed by atoms with E-state index in [1.165, 1.54) is 15.1 Å². The van der Waals surface area contributed by atoms with Crippen LogP contribution >= 0.6 is 0 Å².